The van der Waals surface area contributed by atoms with E-state index >= 15 is 0 Å². The maximum atomic E-state index is 12.6. The molecule has 3 fully saturated rings. The molecule has 1 saturated carbocycles. The number of carbonyl (C=O) groups is 1. The highest BCUT2D eigenvalue weighted by Crippen LogP contribution is 2.40. The summed E-state index contributed by atoms with van der Waals surface area (Å²) >= 11 is 0. The van der Waals surface area contributed by atoms with Gasteiger partial charge in [0.1, 0.15) is 0 Å². The Morgan fingerprint density at radius 3 is 2.73 bits per heavy atom. The third-order valence-corrected chi connectivity index (χ3v) is 6.73. The summed E-state index contributed by atoms with van der Waals surface area (Å²) in [5, 5.41) is 7.18. The molecule has 2 aliphatic heterocycles. The molecule has 3 aliphatic rings. The van der Waals surface area contributed by atoms with Crippen LogP contribution in [0.25, 0.3) is 0 Å². The monoisotopic (exact) mass is 410 g/mol. The van der Waals surface area contributed by atoms with Crippen molar-refractivity contribution in [1.82, 2.24) is 20.4 Å². The van der Waals surface area contributed by atoms with E-state index in [4.69, 9.17) is 9.26 Å². The van der Waals surface area contributed by atoms with E-state index in [1.165, 1.54) is 12.8 Å². The number of hydrogen-bond donors (Lipinski definition) is 1. The van der Waals surface area contributed by atoms with Crippen LogP contribution < -0.4 is 5.32 Å². The van der Waals surface area contributed by atoms with Gasteiger partial charge in [0.25, 0.3) is 0 Å². The molecule has 1 atom stereocenters. The van der Waals surface area contributed by atoms with Crippen LogP contribution in [0.4, 0.5) is 4.79 Å². The summed E-state index contributed by atoms with van der Waals surface area (Å²) < 4.78 is 11.8. The van der Waals surface area contributed by atoms with Crippen molar-refractivity contribution >= 4 is 6.03 Å². The molecule has 1 aliphatic carbocycles. The number of piperidine rings is 1. The number of hydrogen-bond acceptors (Lipinski definition) is 5. The largest absolute Gasteiger partial charge is 0.375 e. The topological polar surface area (TPSA) is 80.5 Å². The molecule has 7 nitrogen and oxygen atoms in total. The standard InChI is InChI=1S/C23H30N4O3/c28-22(24-16-17-4-2-1-3-5-17)27-11-9-23(10-12-27)15-18(8-13-29-23)14-20-25-21(26-30-20)19-6-7-19/h1-5,18-19H,6-16H2,(H,24,28). The van der Waals surface area contributed by atoms with Crippen LogP contribution >= 0.6 is 0 Å². The van der Waals surface area contributed by atoms with Crippen LogP contribution in [0.1, 0.15) is 61.7 Å². The zero-order chi connectivity index (χ0) is 20.4. The van der Waals surface area contributed by atoms with Crippen LogP contribution in [0.5, 0.6) is 0 Å². The minimum Gasteiger partial charge on any atom is -0.375 e. The van der Waals surface area contributed by atoms with Crippen LogP contribution in [-0.2, 0) is 17.7 Å². The molecule has 2 saturated heterocycles. The molecule has 1 unspecified atom stereocenters. The Labute approximate surface area is 177 Å². The molecule has 0 radical (unpaired) electrons. The molecule has 3 heterocycles. The second-order valence-electron chi connectivity index (χ2n) is 9.05. The van der Waals surface area contributed by atoms with Crippen molar-refractivity contribution in [1.29, 1.82) is 0 Å². The number of urea groups is 1. The predicted molar refractivity (Wildman–Crippen MR) is 111 cm³/mol. The third kappa shape index (κ3) is 4.51. The van der Waals surface area contributed by atoms with Gasteiger partial charge < -0.3 is 19.5 Å². The third-order valence-electron chi connectivity index (χ3n) is 6.73. The minimum absolute atomic E-state index is 0.0135. The molecule has 160 valence electrons. The minimum atomic E-state index is -0.113. The number of amides is 2. The van der Waals surface area contributed by atoms with E-state index in [9.17, 15) is 4.79 Å². The maximum Gasteiger partial charge on any atom is 0.317 e. The highest BCUT2D eigenvalue weighted by molar-refractivity contribution is 5.74. The van der Waals surface area contributed by atoms with E-state index in [2.05, 4.69) is 15.5 Å². The van der Waals surface area contributed by atoms with Gasteiger partial charge in [-0.1, -0.05) is 35.5 Å². The SMILES string of the molecule is O=C(NCc1ccccc1)N1CCC2(CC1)CC(Cc1nc(C3CC3)no1)CCO2. The van der Waals surface area contributed by atoms with Crippen molar-refractivity contribution in [3.8, 4) is 0 Å². The molecule has 1 N–H and O–H groups in total. The number of benzene rings is 1. The molecule has 7 heteroatoms. The summed E-state index contributed by atoms with van der Waals surface area (Å²) in [6.45, 7) is 2.81. The molecule has 5 rings (SSSR count). The van der Waals surface area contributed by atoms with Gasteiger partial charge >= 0.3 is 6.03 Å². The zero-order valence-electron chi connectivity index (χ0n) is 17.4. The summed E-state index contributed by atoms with van der Waals surface area (Å²) in [6.07, 6.45) is 7.03. The Balaban J connectivity index is 1.11. The van der Waals surface area contributed by atoms with E-state index in [-0.39, 0.29) is 11.6 Å². The van der Waals surface area contributed by atoms with Gasteiger partial charge in [0.05, 0.1) is 5.60 Å². The number of nitrogens with zero attached hydrogens (tertiary/aromatic N) is 3. The van der Waals surface area contributed by atoms with Gasteiger partial charge in [-0.05, 0) is 50.0 Å². The van der Waals surface area contributed by atoms with Crippen molar-refractivity contribution in [2.24, 2.45) is 5.92 Å². The fourth-order valence-electron chi connectivity index (χ4n) is 4.76. The lowest BCUT2D eigenvalue weighted by Gasteiger charge is -2.46. The lowest BCUT2D eigenvalue weighted by Crippen LogP contribution is -2.52. The smallest absolute Gasteiger partial charge is 0.317 e. The van der Waals surface area contributed by atoms with Crippen LogP contribution in [0.15, 0.2) is 34.9 Å². The first kappa shape index (κ1) is 19.5. The lowest BCUT2D eigenvalue weighted by molar-refractivity contribution is -0.123. The van der Waals surface area contributed by atoms with E-state index in [1.54, 1.807) is 0 Å². The summed E-state index contributed by atoms with van der Waals surface area (Å²) in [5.41, 5.74) is 1.00. The second kappa shape index (κ2) is 8.38. The van der Waals surface area contributed by atoms with Crippen LogP contribution in [0, 0.1) is 5.92 Å². The number of nitrogens with one attached hydrogen (secondary N) is 1. The van der Waals surface area contributed by atoms with Crippen LogP contribution in [-0.4, -0.2) is 46.4 Å². The highest BCUT2D eigenvalue weighted by Gasteiger charge is 2.41. The highest BCUT2D eigenvalue weighted by atomic mass is 16.5. The van der Waals surface area contributed by atoms with Gasteiger partial charge in [0.15, 0.2) is 5.82 Å². The molecular formula is C23H30N4O3. The number of ether oxygens (including phenoxy) is 1. The Bertz CT molecular complexity index is 856. The summed E-state index contributed by atoms with van der Waals surface area (Å²) in [4.78, 5) is 19.1. The van der Waals surface area contributed by atoms with Crippen LogP contribution in [0.2, 0.25) is 0 Å². The van der Waals surface area contributed by atoms with E-state index in [0.717, 1.165) is 69.1 Å². The predicted octanol–water partition coefficient (Wildman–Crippen LogP) is 3.66. The average Bonchev–Trinajstić information content (AvgIpc) is 3.53. The molecule has 1 aromatic heterocycles. The van der Waals surface area contributed by atoms with E-state index in [0.29, 0.717) is 18.4 Å². The van der Waals surface area contributed by atoms with Gasteiger partial charge in [-0.3, -0.25) is 0 Å². The number of carbonyl (C=O) groups excluding carboxylic acids is 1. The number of rotatable bonds is 5. The van der Waals surface area contributed by atoms with Gasteiger partial charge in [-0.2, -0.15) is 4.98 Å². The van der Waals surface area contributed by atoms with E-state index in [1.807, 2.05) is 35.2 Å². The summed E-state index contributed by atoms with van der Waals surface area (Å²) in [5.74, 6) is 2.70. The fraction of sp³-hybridized carbons (Fsp3) is 0.609. The molecular weight excluding hydrogens is 380 g/mol. The van der Waals surface area contributed by atoms with Crippen molar-refractivity contribution in [2.75, 3.05) is 19.7 Å². The first-order chi connectivity index (χ1) is 14.7. The van der Waals surface area contributed by atoms with Gasteiger partial charge in [-0.15, -0.1) is 0 Å². The zero-order valence-corrected chi connectivity index (χ0v) is 17.4. The van der Waals surface area contributed by atoms with Gasteiger partial charge in [-0.25, -0.2) is 4.79 Å². The molecule has 30 heavy (non-hydrogen) atoms. The van der Waals surface area contributed by atoms with Gasteiger partial charge in [0.2, 0.25) is 5.89 Å². The average molecular weight is 411 g/mol. The first-order valence-electron chi connectivity index (χ1n) is 11.2. The normalized spacial score (nSPS) is 23.5. The second-order valence-corrected chi connectivity index (χ2v) is 9.05. The summed E-state index contributed by atoms with van der Waals surface area (Å²) in [6, 6.07) is 10.0. The molecule has 1 aromatic carbocycles. The van der Waals surface area contributed by atoms with Crippen molar-refractivity contribution < 1.29 is 14.1 Å². The Kier molecular flexibility index (Phi) is 5.46. The molecule has 2 amide bonds. The van der Waals surface area contributed by atoms with Crippen molar-refractivity contribution in [3.63, 3.8) is 0 Å². The number of aromatic nitrogens is 2. The van der Waals surface area contributed by atoms with Crippen molar-refractivity contribution in [3.05, 3.63) is 47.6 Å². The Morgan fingerprint density at radius 1 is 1.17 bits per heavy atom. The first-order valence-corrected chi connectivity index (χ1v) is 11.2. The van der Waals surface area contributed by atoms with Gasteiger partial charge in [0, 0.05) is 38.6 Å². The quantitative estimate of drug-likeness (QED) is 0.814. The summed E-state index contributed by atoms with van der Waals surface area (Å²) in [7, 11) is 0. The molecule has 1 spiro atoms. The Morgan fingerprint density at radius 2 is 1.97 bits per heavy atom. The fourth-order valence-corrected chi connectivity index (χ4v) is 4.76. The lowest BCUT2D eigenvalue weighted by atomic mass is 9.78. The maximum absolute atomic E-state index is 12.6. The van der Waals surface area contributed by atoms with E-state index < -0.39 is 0 Å². The molecule has 0 bridgehead atoms. The van der Waals surface area contributed by atoms with Crippen LogP contribution in [0.3, 0.4) is 0 Å². The Hall–Kier alpha value is -2.41. The number of likely N-dealkylation sites (tertiary alicyclic amines) is 1. The molecule has 2 aromatic rings. The van der Waals surface area contributed by atoms with Crippen molar-refractivity contribution in [2.45, 2.75) is 63.0 Å².